The molecule has 10 nitrogen and oxygen atoms in total. The van der Waals surface area contributed by atoms with E-state index in [1.807, 2.05) is 29.0 Å². The van der Waals surface area contributed by atoms with E-state index in [1.54, 1.807) is 17.8 Å². The Morgan fingerprint density at radius 2 is 2.14 bits per heavy atom. The second-order valence-electron chi connectivity index (χ2n) is 9.07. The number of pyridine rings is 1. The number of hydrogen-bond donors (Lipinski definition) is 3. The van der Waals surface area contributed by atoms with Gasteiger partial charge in [0.1, 0.15) is 23.4 Å². The first-order chi connectivity index (χ1) is 17.0. The molecule has 0 spiro atoms. The van der Waals surface area contributed by atoms with Crippen molar-refractivity contribution < 1.29 is 19.0 Å². The van der Waals surface area contributed by atoms with Crippen LogP contribution < -0.4 is 10.6 Å². The summed E-state index contributed by atoms with van der Waals surface area (Å²) in [6.07, 6.45) is 5.43. The fourth-order valence-electron chi connectivity index (χ4n) is 4.87. The number of carbonyl (C=O) groups excluding carboxylic acids is 1. The minimum atomic E-state index is -1.10. The lowest BCUT2D eigenvalue weighted by molar-refractivity contribution is 0.00346. The molecule has 182 valence electrons. The van der Waals surface area contributed by atoms with E-state index in [4.69, 9.17) is 9.72 Å². The number of carbonyl (C=O) groups is 1. The molecule has 5 heterocycles. The summed E-state index contributed by atoms with van der Waals surface area (Å²) in [4.78, 5) is 22.3. The quantitative estimate of drug-likeness (QED) is 0.402. The van der Waals surface area contributed by atoms with Gasteiger partial charge in [0.2, 0.25) is 0 Å². The monoisotopic (exact) mass is 479 g/mol. The number of aliphatic hydroxyl groups excluding tert-OH is 1. The zero-order chi connectivity index (χ0) is 24.1. The van der Waals surface area contributed by atoms with E-state index in [0.29, 0.717) is 48.0 Å². The summed E-state index contributed by atoms with van der Waals surface area (Å²) >= 11 is 0. The van der Waals surface area contributed by atoms with Crippen LogP contribution in [0.25, 0.3) is 28.3 Å². The minimum absolute atomic E-state index is 0.0787. The first-order valence-electron chi connectivity index (χ1n) is 11.8. The number of halogens is 1. The predicted molar refractivity (Wildman–Crippen MR) is 126 cm³/mol. The van der Waals surface area contributed by atoms with Gasteiger partial charge in [-0.2, -0.15) is 9.61 Å². The van der Waals surface area contributed by atoms with Crippen LogP contribution in [0.4, 0.5) is 10.2 Å². The van der Waals surface area contributed by atoms with Gasteiger partial charge in [0.05, 0.1) is 36.7 Å². The highest BCUT2D eigenvalue weighted by atomic mass is 19.1. The van der Waals surface area contributed by atoms with Crippen molar-refractivity contribution in [2.45, 2.75) is 43.6 Å². The molecular formula is C24H26FN7O3. The lowest BCUT2D eigenvalue weighted by Crippen LogP contribution is -2.50. The molecule has 0 bridgehead atoms. The number of aliphatic hydroxyl groups is 1. The van der Waals surface area contributed by atoms with Gasteiger partial charge in [0.25, 0.3) is 5.91 Å². The van der Waals surface area contributed by atoms with Crippen LogP contribution in [0.3, 0.4) is 0 Å². The van der Waals surface area contributed by atoms with Crippen LogP contribution in [0.1, 0.15) is 35.7 Å². The van der Waals surface area contributed by atoms with Crippen LogP contribution in [0, 0.1) is 0 Å². The summed E-state index contributed by atoms with van der Waals surface area (Å²) in [5, 5.41) is 20.2. The molecule has 4 atom stereocenters. The third-order valence-electron chi connectivity index (χ3n) is 7.01. The number of nitrogens with one attached hydrogen (secondary N) is 2. The van der Waals surface area contributed by atoms with Gasteiger partial charge < -0.3 is 25.0 Å². The average Bonchev–Trinajstić information content (AvgIpc) is 3.50. The Morgan fingerprint density at radius 1 is 1.26 bits per heavy atom. The Kier molecular flexibility index (Phi) is 5.37. The van der Waals surface area contributed by atoms with Crippen molar-refractivity contribution in [2.75, 3.05) is 25.6 Å². The molecule has 1 saturated carbocycles. The Labute approximate surface area is 200 Å². The number of amides is 1. The molecule has 1 unspecified atom stereocenters. The van der Waals surface area contributed by atoms with Crippen LogP contribution >= 0.6 is 0 Å². The number of hydrogen-bond acceptors (Lipinski definition) is 7. The Balaban J connectivity index is 1.40. The molecule has 6 rings (SSSR count). The van der Waals surface area contributed by atoms with E-state index in [0.717, 1.165) is 17.5 Å². The predicted octanol–water partition coefficient (Wildman–Crippen LogP) is 2.29. The number of alkyl halides is 1. The van der Waals surface area contributed by atoms with Crippen molar-refractivity contribution in [3.8, 4) is 22.6 Å². The lowest BCUT2D eigenvalue weighted by atomic mass is 9.89. The third kappa shape index (κ3) is 3.62. The van der Waals surface area contributed by atoms with Gasteiger partial charge in [-0.1, -0.05) is 0 Å². The van der Waals surface area contributed by atoms with Gasteiger partial charge in [0, 0.05) is 43.2 Å². The molecule has 3 aliphatic heterocycles. The topological polar surface area (TPSA) is 119 Å². The molecule has 1 aliphatic carbocycles. The summed E-state index contributed by atoms with van der Waals surface area (Å²) < 4.78 is 23.4. The molecule has 1 amide bonds. The smallest absolute Gasteiger partial charge is 0.257 e. The highest BCUT2D eigenvalue weighted by Crippen LogP contribution is 2.37. The summed E-state index contributed by atoms with van der Waals surface area (Å²) in [5.74, 6) is 1.00. The second-order valence-corrected chi connectivity index (χ2v) is 9.07. The van der Waals surface area contributed by atoms with Crippen molar-refractivity contribution in [3.05, 3.63) is 42.4 Å². The molecule has 2 fully saturated rings. The lowest BCUT2D eigenvalue weighted by Gasteiger charge is -2.32. The molecule has 35 heavy (non-hydrogen) atoms. The molecule has 0 radical (unpaired) electrons. The summed E-state index contributed by atoms with van der Waals surface area (Å²) in [7, 11) is 1.77. The fourth-order valence-corrected chi connectivity index (χ4v) is 4.87. The summed E-state index contributed by atoms with van der Waals surface area (Å²) in [6, 6.07) is 5.07. The van der Waals surface area contributed by atoms with Gasteiger partial charge >= 0.3 is 0 Å². The molecule has 1 saturated heterocycles. The van der Waals surface area contributed by atoms with Gasteiger partial charge in [-0.25, -0.2) is 14.4 Å². The van der Waals surface area contributed by atoms with Crippen LogP contribution in [-0.4, -0.2) is 73.7 Å². The normalized spacial score (nSPS) is 24.4. The van der Waals surface area contributed by atoms with E-state index in [9.17, 15) is 14.3 Å². The van der Waals surface area contributed by atoms with Crippen LogP contribution in [0.15, 0.2) is 36.8 Å². The van der Waals surface area contributed by atoms with Gasteiger partial charge in [-0.05, 0) is 31.4 Å². The maximum atomic E-state index is 14.6. The van der Waals surface area contributed by atoms with E-state index < -0.39 is 12.3 Å². The molecule has 2 aromatic rings. The SMILES string of the molecule is CNc1cc(-c2cnc3n([C@@H]4CCOC[C@@H]4F)cccc2-3)nc2c(C(=O)NC3CC[C@H]3O)cnn12. The average molecular weight is 480 g/mol. The van der Waals surface area contributed by atoms with E-state index in [-0.39, 0.29) is 24.6 Å². The highest BCUT2D eigenvalue weighted by Gasteiger charge is 2.32. The van der Waals surface area contributed by atoms with Crippen molar-refractivity contribution >= 4 is 17.4 Å². The van der Waals surface area contributed by atoms with Crippen molar-refractivity contribution in [1.29, 1.82) is 0 Å². The maximum absolute atomic E-state index is 14.6. The third-order valence-corrected chi connectivity index (χ3v) is 7.01. The van der Waals surface area contributed by atoms with Crippen molar-refractivity contribution in [1.82, 2.24) is 29.5 Å². The highest BCUT2D eigenvalue weighted by molar-refractivity contribution is 6.00. The number of nitrogens with zero attached hydrogens (tertiary/aromatic N) is 5. The standard InChI is InChI=1S/C24H26FN7O3/c1-26-21-9-18(29-23-15(11-28-32(21)23)24(34)30-17-4-5-20(17)33)14-10-27-22-13(14)3-2-7-31(22)19-6-8-35-12-16(19)25/h2-3,7,9-11,16-17,19-20,26,33H,4-6,8,12H2,1H3,(H,30,34)/t16-,17?,19+,20+/m0/s1. The maximum Gasteiger partial charge on any atom is 0.257 e. The van der Waals surface area contributed by atoms with Crippen LogP contribution in [0.2, 0.25) is 0 Å². The number of ether oxygens (including phenoxy) is 1. The fraction of sp³-hybridized carbons (Fsp3) is 0.417. The number of aromatic nitrogens is 5. The Bertz CT molecular complexity index is 1370. The summed E-state index contributed by atoms with van der Waals surface area (Å²) in [5.41, 5.74) is 2.95. The minimum Gasteiger partial charge on any atom is -0.391 e. The zero-order valence-electron chi connectivity index (χ0n) is 19.2. The van der Waals surface area contributed by atoms with Crippen LogP contribution in [-0.2, 0) is 4.74 Å². The second kappa shape index (κ2) is 8.58. The number of fused-ring (bicyclic) bond motifs is 2. The Morgan fingerprint density at radius 3 is 2.89 bits per heavy atom. The van der Waals surface area contributed by atoms with Gasteiger partial charge in [0.15, 0.2) is 5.65 Å². The van der Waals surface area contributed by atoms with E-state index in [1.165, 1.54) is 6.20 Å². The van der Waals surface area contributed by atoms with Crippen molar-refractivity contribution in [2.24, 2.45) is 0 Å². The summed E-state index contributed by atoms with van der Waals surface area (Å²) in [6.45, 7) is 0.588. The zero-order valence-corrected chi connectivity index (χ0v) is 19.2. The molecule has 2 aromatic heterocycles. The number of anilines is 1. The van der Waals surface area contributed by atoms with Crippen LogP contribution in [0.5, 0.6) is 0 Å². The Hall–Kier alpha value is -3.57. The van der Waals surface area contributed by atoms with Gasteiger partial charge in [-0.3, -0.25) is 4.79 Å². The van der Waals surface area contributed by atoms with Crippen molar-refractivity contribution in [3.63, 3.8) is 0 Å². The molecule has 0 aromatic carbocycles. The number of rotatable bonds is 5. The first kappa shape index (κ1) is 21.9. The molecule has 4 aliphatic rings. The van der Waals surface area contributed by atoms with E-state index >= 15 is 0 Å². The molecular weight excluding hydrogens is 453 g/mol. The molecule has 11 heteroatoms. The largest absolute Gasteiger partial charge is 0.391 e. The molecule has 3 N–H and O–H groups in total. The van der Waals surface area contributed by atoms with E-state index in [2.05, 4.69) is 20.7 Å². The van der Waals surface area contributed by atoms with Gasteiger partial charge in [-0.15, -0.1) is 0 Å². The first-order valence-corrected chi connectivity index (χ1v) is 11.8.